The van der Waals surface area contributed by atoms with Crippen LogP contribution in [0, 0.1) is 0 Å². The molecule has 1 amide bonds. The SMILES string of the molecule is O=C(O)N1CCC(c2nc(-c3ccc(N4CCOCC4)nc3)no2)C1. The van der Waals surface area contributed by atoms with E-state index < -0.39 is 6.09 Å². The highest BCUT2D eigenvalue weighted by molar-refractivity contribution is 5.65. The van der Waals surface area contributed by atoms with Gasteiger partial charge in [-0.25, -0.2) is 9.78 Å². The van der Waals surface area contributed by atoms with Crippen LogP contribution in [0.25, 0.3) is 11.4 Å². The Labute approximate surface area is 144 Å². The quantitative estimate of drug-likeness (QED) is 0.891. The van der Waals surface area contributed by atoms with E-state index in [-0.39, 0.29) is 5.92 Å². The van der Waals surface area contributed by atoms with E-state index in [1.54, 1.807) is 6.20 Å². The summed E-state index contributed by atoms with van der Waals surface area (Å²) < 4.78 is 10.7. The Kier molecular flexibility index (Phi) is 4.22. The maximum absolute atomic E-state index is 11.0. The molecule has 2 fully saturated rings. The molecule has 0 spiro atoms. The summed E-state index contributed by atoms with van der Waals surface area (Å²) in [6, 6.07) is 3.86. The van der Waals surface area contributed by atoms with Gasteiger partial charge in [0.25, 0.3) is 0 Å². The zero-order valence-electron chi connectivity index (χ0n) is 13.7. The number of ether oxygens (including phenoxy) is 1. The summed E-state index contributed by atoms with van der Waals surface area (Å²) in [6.07, 6.45) is 1.52. The highest BCUT2D eigenvalue weighted by Gasteiger charge is 2.31. The van der Waals surface area contributed by atoms with Crippen molar-refractivity contribution >= 4 is 11.9 Å². The molecule has 0 bridgehead atoms. The van der Waals surface area contributed by atoms with Crippen molar-refractivity contribution in [1.82, 2.24) is 20.0 Å². The van der Waals surface area contributed by atoms with Gasteiger partial charge in [-0.15, -0.1) is 0 Å². The van der Waals surface area contributed by atoms with Gasteiger partial charge in [0.15, 0.2) is 0 Å². The molecular weight excluding hydrogens is 326 g/mol. The van der Waals surface area contributed by atoms with E-state index in [9.17, 15) is 4.79 Å². The van der Waals surface area contributed by atoms with E-state index in [0.717, 1.165) is 24.5 Å². The second-order valence-electron chi connectivity index (χ2n) is 6.17. The normalized spacial score (nSPS) is 20.9. The number of hydrogen-bond donors (Lipinski definition) is 1. The van der Waals surface area contributed by atoms with Gasteiger partial charge >= 0.3 is 6.09 Å². The molecule has 0 radical (unpaired) electrons. The summed E-state index contributed by atoms with van der Waals surface area (Å²) in [5.41, 5.74) is 0.778. The molecule has 2 saturated heterocycles. The smallest absolute Gasteiger partial charge is 0.407 e. The number of hydrogen-bond acceptors (Lipinski definition) is 7. The third kappa shape index (κ3) is 3.27. The predicted octanol–water partition coefficient (Wildman–Crippen LogP) is 1.44. The van der Waals surface area contributed by atoms with Crippen molar-refractivity contribution in [2.75, 3.05) is 44.3 Å². The third-order valence-corrected chi connectivity index (χ3v) is 4.59. The topological polar surface area (TPSA) is 105 Å². The number of aromatic nitrogens is 3. The van der Waals surface area contributed by atoms with Crippen molar-refractivity contribution in [2.45, 2.75) is 12.3 Å². The number of pyridine rings is 1. The van der Waals surface area contributed by atoms with Crippen LogP contribution in [0.4, 0.5) is 10.6 Å². The molecule has 0 aromatic carbocycles. The van der Waals surface area contributed by atoms with E-state index in [4.69, 9.17) is 14.4 Å². The first-order chi connectivity index (χ1) is 12.2. The van der Waals surface area contributed by atoms with Crippen molar-refractivity contribution in [2.24, 2.45) is 0 Å². The zero-order valence-corrected chi connectivity index (χ0v) is 13.7. The molecule has 2 aliphatic heterocycles. The molecule has 1 N–H and O–H groups in total. The van der Waals surface area contributed by atoms with E-state index in [1.165, 1.54) is 4.90 Å². The van der Waals surface area contributed by atoms with E-state index in [1.807, 2.05) is 12.1 Å². The van der Waals surface area contributed by atoms with Crippen LogP contribution in [-0.2, 0) is 4.74 Å². The Balaban J connectivity index is 1.46. The van der Waals surface area contributed by atoms with Crippen LogP contribution in [0.3, 0.4) is 0 Å². The van der Waals surface area contributed by atoms with Gasteiger partial charge in [-0.05, 0) is 18.6 Å². The summed E-state index contributed by atoms with van der Waals surface area (Å²) in [4.78, 5) is 23.5. The average Bonchev–Trinajstić information content (AvgIpc) is 3.32. The number of carbonyl (C=O) groups is 1. The molecule has 4 heterocycles. The van der Waals surface area contributed by atoms with Gasteiger partial charge in [0.2, 0.25) is 11.7 Å². The molecule has 2 aliphatic rings. The number of nitrogens with zero attached hydrogens (tertiary/aromatic N) is 5. The summed E-state index contributed by atoms with van der Waals surface area (Å²) in [5, 5.41) is 13.1. The minimum atomic E-state index is -0.912. The van der Waals surface area contributed by atoms with Crippen molar-refractivity contribution in [1.29, 1.82) is 0 Å². The maximum atomic E-state index is 11.0. The lowest BCUT2D eigenvalue weighted by Gasteiger charge is -2.27. The first kappa shape index (κ1) is 15.8. The summed E-state index contributed by atoms with van der Waals surface area (Å²) in [7, 11) is 0. The molecule has 0 saturated carbocycles. The standard InChI is InChI=1S/C16H19N5O4/c22-16(23)21-4-3-12(10-21)15-18-14(19-25-15)11-1-2-13(17-9-11)20-5-7-24-8-6-20/h1-2,9,12H,3-8,10H2,(H,22,23). The summed E-state index contributed by atoms with van der Waals surface area (Å²) in [6.45, 7) is 3.98. The number of likely N-dealkylation sites (tertiary alicyclic amines) is 1. The molecule has 25 heavy (non-hydrogen) atoms. The third-order valence-electron chi connectivity index (χ3n) is 4.59. The minimum Gasteiger partial charge on any atom is -0.465 e. The first-order valence-electron chi connectivity index (χ1n) is 8.31. The summed E-state index contributed by atoms with van der Waals surface area (Å²) >= 11 is 0. The van der Waals surface area contributed by atoms with Gasteiger partial charge in [0.1, 0.15) is 5.82 Å². The lowest BCUT2D eigenvalue weighted by Crippen LogP contribution is -2.36. The highest BCUT2D eigenvalue weighted by atomic mass is 16.5. The number of carboxylic acid groups (broad SMARTS) is 1. The van der Waals surface area contributed by atoms with Gasteiger partial charge in [-0.1, -0.05) is 5.16 Å². The number of amides is 1. The van der Waals surface area contributed by atoms with Gasteiger partial charge in [-0.2, -0.15) is 4.98 Å². The number of morpholine rings is 1. The van der Waals surface area contributed by atoms with Crippen molar-refractivity contribution < 1.29 is 19.2 Å². The molecule has 2 aromatic heterocycles. The second kappa shape index (κ2) is 6.67. The molecule has 0 aliphatic carbocycles. The summed E-state index contributed by atoms with van der Waals surface area (Å²) in [5.74, 6) is 1.82. The number of anilines is 1. The van der Waals surface area contributed by atoms with Crippen molar-refractivity contribution in [3.8, 4) is 11.4 Å². The molecule has 132 valence electrons. The Morgan fingerprint density at radius 2 is 2.08 bits per heavy atom. The molecule has 1 atom stereocenters. The Hall–Kier alpha value is -2.68. The minimum absolute atomic E-state index is 0.0436. The Morgan fingerprint density at radius 1 is 1.24 bits per heavy atom. The predicted molar refractivity (Wildman–Crippen MR) is 87.5 cm³/mol. The average molecular weight is 345 g/mol. The zero-order chi connectivity index (χ0) is 17.2. The molecule has 4 rings (SSSR count). The molecule has 9 nitrogen and oxygen atoms in total. The molecule has 9 heteroatoms. The van der Waals surface area contributed by atoms with Crippen LogP contribution >= 0.6 is 0 Å². The van der Waals surface area contributed by atoms with Gasteiger partial charge in [0, 0.05) is 37.9 Å². The Morgan fingerprint density at radius 3 is 2.76 bits per heavy atom. The van der Waals surface area contributed by atoms with E-state index in [2.05, 4.69) is 20.0 Å². The van der Waals surface area contributed by atoms with Gasteiger partial charge in [0.05, 0.1) is 19.1 Å². The van der Waals surface area contributed by atoms with Crippen LogP contribution in [0.15, 0.2) is 22.9 Å². The number of rotatable bonds is 3. The molecule has 1 unspecified atom stereocenters. The fourth-order valence-electron chi connectivity index (χ4n) is 3.15. The lowest BCUT2D eigenvalue weighted by atomic mass is 10.1. The van der Waals surface area contributed by atoms with Crippen LogP contribution in [-0.4, -0.2) is 70.6 Å². The van der Waals surface area contributed by atoms with Crippen molar-refractivity contribution in [3.63, 3.8) is 0 Å². The van der Waals surface area contributed by atoms with Gasteiger partial charge < -0.3 is 24.2 Å². The fourth-order valence-corrected chi connectivity index (χ4v) is 3.15. The second-order valence-corrected chi connectivity index (χ2v) is 6.17. The fraction of sp³-hybridized carbons (Fsp3) is 0.500. The molecular formula is C16H19N5O4. The Bertz CT molecular complexity index is 741. The van der Waals surface area contributed by atoms with Crippen LogP contribution in [0.2, 0.25) is 0 Å². The lowest BCUT2D eigenvalue weighted by molar-refractivity contribution is 0.122. The first-order valence-corrected chi connectivity index (χ1v) is 8.31. The highest BCUT2D eigenvalue weighted by Crippen LogP contribution is 2.28. The van der Waals surface area contributed by atoms with E-state index in [0.29, 0.717) is 44.4 Å². The largest absolute Gasteiger partial charge is 0.465 e. The molecule has 2 aromatic rings. The monoisotopic (exact) mass is 345 g/mol. The van der Waals surface area contributed by atoms with Crippen LogP contribution in [0.5, 0.6) is 0 Å². The van der Waals surface area contributed by atoms with Crippen LogP contribution in [0.1, 0.15) is 18.2 Å². The van der Waals surface area contributed by atoms with Gasteiger partial charge in [-0.3, -0.25) is 0 Å². The van der Waals surface area contributed by atoms with Crippen LogP contribution < -0.4 is 4.90 Å². The maximum Gasteiger partial charge on any atom is 0.407 e. The van der Waals surface area contributed by atoms with E-state index >= 15 is 0 Å². The van der Waals surface area contributed by atoms with Crippen molar-refractivity contribution in [3.05, 3.63) is 24.2 Å².